The van der Waals surface area contributed by atoms with E-state index in [0.29, 0.717) is 0 Å². The molecule has 2 unspecified atom stereocenters. The molecular formula is C16H6Br2F10O. The van der Waals surface area contributed by atoms with Gasteiger partial charge in [-0.25, -0.2) is 17.6 Å². The highest BCUT2D eigenvalue weighted by molar-refractivity contribution is 9.10. The molecule has 2 atom stereocenters. The Morgan fingerprint density at radius 2 is 0.828 bits per heavy atom. The molecule has 0 N–H and O–H groups in total. The second-order valence-corrected chi connectivity index (χ2v) is 7.16. The van der Waals surface area contributed by atoms with Gasteiger partial charge in [0, 0.05) is 0 Å². The Labute approximate surface area is 172 Å². The molecule has 0 bridgehead atoms. The van der Waals surface area contributed by atoms with Crippen LogP contribution >= 0.6 is 31.9 Å². The molecule has 0 aromatic heterocycles. The van der Waals surface area contributed by atoms with Gasteiger partial charge in [-0.2, -0.15) is 26.3 Å². The van der Waals surface area contributed by atoms with E-state index in [0.717, 1.165) is 0 Å². The van der Waals surface area contributed by atoms with Crippen molar-refractivity contribution >= 4 is 31.9 Å². The minimum atomic E-state index is -5.55. The first-order valence-electron chi connectivity index (χ1n) is 7.20. The number of hydrogen-bond donors (Lipinski definition) is 0. The summed E-state index contributed by atoms with van der Waals surface area (Å²) in [4.78, 5) is 0. The topological polar surface area (TPSA) is 9.23 Å². The van der Waals surface area contributed by atoms with Crippen molar-refractivity contribution in [2.75, 3.05) is 0 Å². The molecule has 13 heteroatoms. The minimum Gasteiger partial charge on any atom is -0.347 e. The van der Waals surface area contributed by atoms with Crippen molar-refractivity contribution in [3.05, 3.63) is 67.6 Å². The maximum atomic E-state index is 13.6. The van der Waals surface area contributed by atoms with Crippen LogP contribution < -0.4 is 0 Å². The molecule has 0 heterocycles. The van der Waals surface area contributed by atoms with Crippen LogP contribution in [0.15, 0.2) is 33.2 Å². The highest BCUT2D eigenvalue weighted by atomic mass is 79.9. The summed E-state index contributed by atoms with van der Waals surface area (Å²) in [5.41, 5.74) is -2.63. The first-order valence-corrected chi connectivity index (χ1v) is 8.79. The largest absolute Gasteiger partial charge is 0.418 e. The van der Waals surface area contributed by atoms with Crippen molar-refractivity contribution in [1.82, 2.24) is 0 Å². The van der Waals surface area contributed by atoms with E-state index in [1.165, 1.54) is 0 Å². The van der Waals surface area contributed by atoms with Crippen molar-refractivity contribution < 1.29 is 48.6 Å². The highest BCUT2D eigenvalue weighted by Gasteiger charge is 2.50. The maximum absolute atomic E-state index is 13.6. The second kappa shape index (κ2) is 8.42. The van der Waals surface area contributed by atoms with Crippen LogP contribution in [0.25, 0.3) is 0 Å². The smallest absolute Gasteiger partial charge is 0.347 e. The predicted octanol–water partition coefficient (Wildman–Crippen LogP) is 7.69. The molecule has 29 heavy (non-hydrogen) atoms. The molecule has 2 aromatic carbocycles. The van der Waals surface area contributed by atoms with E-state index in [2.05, 4.69) is 36.6 Å². The summed E-state index contributed by atoms with van der Waals surface area (Å²) in [7, 11) is 0. The van der Waals surface area contributed by atoms with Gasteiger partial charge in [-0.1, -0.05) is 0 Å². The Balaban J connectivity index is 2.59. The lowest BCUT2D eigenvalue weighted by atomic mass is 10.1. The van der Waals surface area contributed by atoms with E-state index >= 15 is 0 Å². The van der Waals surface area contributed by atoms with E-state index in [9.17, 15) is 43.9 Å². The number of alkyl halides is 6. The Hall–Kier alpha value is -1.34. The number of hydrogen-bond acceptors (Lipinski definition) is 1. The van der Waals surface area contributed by atoms with E-state index in [-0.39, 0.29) is 24.3 Å². The zero-order valence-electron chi connectivity index (χ0n) is 13.4. The SMILES string of the molecule is Fc1cc(C(OC(c2cc(F)c(Br)c(F)c2)C(F)(F)F)C(F)(F)F)cc(F)c1Br. The molecule has 0 aliphatic heterocycles. The molecule has 0 spiro atoms. The van der Waals surface area contributed by atoms with E-state index in [4.69, 9.17) is 0 Å². The average molecular weight is 564 g/mol. The summed E-state index contributed by atoms with van der Waals surface area (Å²) in [6, 6.07) is 0.506. The summed E-state index contributed by atoms with van der Waals surface area (Å²) in [6.45, 7) is 0. The summed E-state index contributed by atoms with van der Waals surface area (Å²) in [6.07, 6.45) is -18.0. The molecule has 160 valence electrons. The molecule has 0 aliphatic carbocycles. The molecule has 0 saturated heterocycles. The van der Waals surface area contributed by atoms with Crippen molar-refractivity contribution in [2.45, 2.75) is 24.6 Å². The van der Waals surface area contributed by atoms with Crippen LogP contribution in [-0.2, 0) is 4.74 Å². The normalized spacial score (nSPS) is 14.8. The third kappa shape index (κ3) is 5.43. The zero-order valence-corrected chi connectivity index (χ0v) is 16.6. The van der Waals surface area contributed by atoms with Gasteiger partial charge >= 0.3 is 12.4 Å². The zero-order chi connectivity index (χ0) is 22.3. The molecule has 0 radical (unpaired) electrons. The minimum absolute atomic E-state index is 0.126. The number of benzene rings is 2. The van der Waals surface area contributed by atoms with Crippen molar-refractivity contribution in [3.63, 3.8) is 0 Å². The molecule has 0 aliphatic rings. The van der Waals surface area contributed by atoms with Crippen molar-refractivity contribution in [3.8, 4) is 0 Å². The monoisotopic (exact) mass is 562 g/mol. The summed E-state index contributed by atoms with van der Waals surface area (Å²) < 4.78 is 137. The first kappa shape index (κ1) is 23.9. The van der Waals surface area contributed by atoms with Crippen LogP contribution in [0, 0.1) is 23.3 Å². The first-order chi connectivity index (χ1) is 13.1. The Morgan fingerprint density at radius 1 is 0.586 bits per heavy atom. The molecule has 2 rings (SSSR count). The fourth-order valence-electron chi connectivity index (χ4n) is 2.28. The maximum Gasteiger partial charge on any atom is 0.418 e. The Kier molecular flexibility index (Phi) is 6.95. The van der Waals surface area contributed by atoms with E-state index in [1.54, 1.807) is 0 Å². The summed E-state index contributed by atoms with van der Waals surface area (Å²) in [5, 5.41) is 0. The second-order valence-electron chi connectivity index (χ2n) is 5.58. The van der Waals surface area contributed by atoms with E-state index < -0.39 is 67.9 Å². The fraction of sp³-hybridized carbons (Fsp3) is 0.250. The third-order valence-electron chi connectivity index (χ3n) is 3.48. The number of rotatable bonds is 4. The van der Waals surface area contributed by atoms with Gasteiger partial charge in [0.2, 0.25) is 0 Å². The highest BCUT2D eigenvalue weighted by Crippen LogP contribution is 2.46. The van der Waals surface area contributed by atoms with Crippen LogP contribution in [0.5, 0.6) is 0 Å². The van der Waals surface area contributed by atoms with Gasteiger partial charge < -0.3 is 4.74 Å². The fourth-order valence-corrected chi connectivity index (χ4v) is 2.74. The van der Waals surface area contributed by atoms with Crippen molar-refractivity contribution in [1.29, 1.82) is 0 Å². The summed E-state index contributed by atoms with van der Waals surface area (Å²) >= 11 is 4.83. The van der Waals surface area contributed by atoms with Gasteiger partial charge in [0.25, 0.3) is 0 Å². The number of ether oxygens (including phenoxy) is 1. The van der Waals surface area contributed by atoms with Crippen molar-refractivity contribution in [2.24, 2.45) is 0 Å². The Bertz CT molecular complexity index is 790. The van der Waals surface area contributed by atoms with Gasteiger partial charge in [-0.05, 0) is 67.3 Å². The molecule has 1 nitrogen and oxygen atoms in total. The summed E-state index contributed by atoms with van der Waals surface area (Å²) in [5.74, 6) is -6.10. The molecule has 2 aromatic rings. The number of halogens is 12. The van der Waals surface area contributed by atoms with E-state index in [1.807, 2.05) is 0 Å². The third-order valence-corrected chi connectivity index (χ3v) is 5.00. The quantitative estimate of drug-likeness (QED) is 0.274. The van der Waals surface area contributed by atoms with Crippen LogP contribution in [-0.4, -0.2) is 12.4 Å². The molecular weight excluding hydrogens is 558 g/mol. The average Bonchev–Trinajstić information content (AvgIpc) is 2.55. The lowest BCUT2D eigenvalue weighted by Crippen LogP contribution is -2.32. The van der Waals surface area contributed by atoms with Gasteiger partial charge in [0.15, 0.2) is 12.2 Å². The standard InChI is InChI=1S/C16H6Br2F10O/c17-11-7(19)1-5(2-8(11)20)13(15(23,24)25)29-14(16(26,27)28)6-3-9(21)12(18)10(22)4-6/h1-4,13-14H. The lowest BCUT2D eigenvalue weighted by Gasteiger charge is -2.29. The van der Waals surface area contributed by atoms with Crippen LogP contribution in [0.2, 0.25) is 0 Å². The Morgan fingerprint density at radius 3 is 1.03 bits per heavy atom. The molecule has 0 amide bonds. The lowest BCUT2D eigenvalue weighted by molar-refractivity contribution is -0.292. The molecule has 0 saturated carbocycles. The van der Waals surface area contributed by atoms with Crippen LogP contribution in [0.1, 0.15) is 23.3 Å². The predicted molar refractivity (Wildman–Crippen MR) is 86.8 cm³/mol. The molecule has 0 fully saturated rings. The van der Waals surface area contributed by atoms with Gasteiger partial charge in [0.1, 0.15) is 23.3 Å². The van der Waals surface area contributed by atoms with Gasteiger partial charge in [-0.3, -0.25) is 0 Å². The van der Waals surface area contributed by atoms with Gasteiger partial charge in [0.05, 0.1) is 8.95 Å². The van der Waals surface area contributed by atoms with Crippen LogP contribution in [0.4, 0.5) is 43.9 Å². The van der Waals surface area contributed by atoms with Crippen LogP contribution in [0.3, 0.4) is 0 Å². The van der Waals surface area contributed by atoms with Gasteiger partial charge in [-0.15, -0.1) is 0 Å².